The minimum absolute atomic E-state index is 0.0840. The van der Waals surface area contributed by atoms with E-state index in [9.17, 15) is 14.7 Å². The van der Waals surface area contributed by atoms with Gasteiger partial charge in [-0.2, -0.15) is 0 Å². The third-order valence-electron chi connectivity index (χ3n) is 5.59. The Kier molecular flexibility index (Phi) is 5.63. The molecule has 5 nitrogen and oxygen atoms in total. The molecule has 0 amide bonds. The highest BCUT2D eigenvalue weighted by atomic mass is 16.5. The van der Waals surface area contributed by atoms with Gasteiger partial charge in [-0.15, -0.1) is 0 Å². The number of phenols is 1. The second-order valence-electron chi connectivity index (χ2n) is 7.40. The van der Waals surface area contributed by atoms with Crippen LogP contribution in [0.4, 0.5) is 0 Å². The van der Waals surface area contributed by atoms with Gasteiger partial charge in [0.1, 0.15) is 12.4 Å². The fourth-order valence-corrected chi connectivity index (χ4v) is 4.01. The van der Waals surface area contributed by atoms with E-state index in [2.05, 4.69) is 17.4 Å². The van der Waals surface area contributed by atoms with Crippen LogP contribution in [-0.2, 0) is 20.7 Å². The van der Waals surface area contributed by atoms with Crippen molar-refractivity contribution in [2.24, 2.45) is 0 Å². The molecule has 0 unspecified atom stereocenters. The van der Waals surface area contributed by atoms with Gasteiger partial charge < -0.3 is 15.2 Å². The normalized spacial score (nSPS) is 13.4. The van der Waals surface area contributed by atoms with Crippen LogP contribution in [0, 0.1) is 0 Å². The number of likely N-dealkylation sites (N-methyl/N-ethyl adjacent to an activating group) is 1. The summed E-state index contributed by atoms with van der Waals surface area (Å²) in [6.45, 7) is 0.119. The highest BCUT2D eigenvalue weighted by Gasteiger charge is 2.31. The number of rotatable bonds is 7. The van der Waals surface area contributed by atoms with Gasteiger partial charge >= 0.3 is 5.97 Å². The summed E-state index contributed by atoms with van der Waals surface area (Å²) in [5.74, 6) is -1.37. The van der Waals surface area contributed by atoms with Gasteiger partial charge in [0.05, 0.1) is 6.04 Å². The summed E-state index contributed by atoms with van der Waals surface area (Å²) in [4.78, 5) is 25.2. The second-order valence-corrected chi connectivity index (χ2v) is 7.40. The van der Waals surface area contributed by atoms with E-state index < -0.39 is 17.8 Å². The van der Waals surface area contributed by atoms with Crippen LogP contribution >= 0.6 is 0 Å². The van der Waals surface area contributed by atoms with E-state index >= 15 is 0 Å². The first-order chi connectivity index (χ1) is 14.6. The minimum atomic E-state index is -0.838. The highest BCUT2D eigenvalue weighted by molar-refractivity contribution is 6.35. The quantitative estimate of drug-likeness (QED) is 0.469. The fourth-order valence-electron chi connectivity index (χ4n) is 4.01. The van der Waals surface area contributed by atoms with E-state index in [1.165, 1.54) is 0 Å². The molecule has 4 rings (SSSR count). The molecule has 3 aromatic carbocycles. The summed E-state index contributed by atoms with van der Waals surface area (Å²) >= 11 is 0. The van der Waals surface area contributed by atoms with Crippen LogP contribution in [0.3, 0.4) is 0 Å². The number of benzene rings is 3. The molecule has 0 fully saturated rings. The van der Waals surface area contributed by atoms with Gasteiger partial charge in [-0.05, 0) is 53.4 Å². The van der Waals surface area contributed by atoms with E-state index in [-0.39, 0.29) is 18.3 Å². The lowest BCUT2D eigenvalue weighted by atomic mass is 9.98. The molecule has 5 heteroatoms. The molecule has 1 atom stereocenters. The predicted octanol–water partition coefficient (Wildman–Crippen LogP) is 3.45. The highest BCUT2D eigenvalue weighted by Crippen LogP contribution is 2.44. The maximum atomic E-state index is 12.7. The first-order valence-corrected chi connectivity index (χ1v) is 9.93. The van der Waals surface area contributed by atoms with Crippen molar-refractivity contribution in [2.45, 2.75) is 18.4 Å². The van der Waals surface area contributed by atoms with Crippen LogP contribution in [0.1, 0.15) is 22.6 Å². The number of ether oxygens (including phenoxy) is 1. The zero-order valence-corrected chi connectivity index (χ0v) is 16.7. The predicted molar refractivity (Wildman–Crippen MR) is 114 cm³/mol. The van der Waals surface area contributed by atoms with Crippen molar-refractivity contribution < 1.29 is 19.4 Å². The van der Waals surface area contributed by atoms with Crippen molar-refractivity contribution in [2.75, 3.05) is 13.7 Å². The zero-order valence-electron chi connectivity index (χ0n) is 16.7. The molecule has 152 valence electrons. The molecule has 3 aromatic rings. The molecule has 0 spiro atoms. The number of carbonyl (C=O) groups excluding carboxylic acids is 2. The molecule has 2 N–H and O–H groups in total. The Balaban J connectivity index is 1.45. The minimum Gasteiger partial charge on any atom is -0.508 e. The lowest BCUT2D eigenvalue weighted by Crippen LogP contribution is -2.41. The lowest BCUT2D eigenvalue weighted by molar-refractivity contribution is -0.155. The Hall–Kier alpha value is -3.44. The first-order valence-electron chi connectivity index (χ1n) is 9.93. The average molecular weight is 401 g/mol. The standard InChI is InChI=1S/C25H23NO4/c1-26-23(14-16-10-12-17(27)13-11-16)24(28)25(29)30-15-22-20-8-4-2-6-18(20)19-7-3-5-9-21(19)22/h2-13,22-23,26-27H,14-15H2,1H3/t23-/m0/s1. The van der Waals surface area contributed by atoms with Crippen LogP contribution in [0.2, 0.25) is 0 Å². The molecule has 0 saturated heterocycles. The summed E-state index contributed by atoms with van der Waals surface area (Å²) in [6, 6.07) is 22.0. The third kappa shape index (κ3) is 3.84. The molecule has 0 saturated carbocycles. The molecule has 0 aliphatic heterocycles. The molecule has 0 bridgehead atoms. The summed E-state index contributed by atoms with van der Waals surface area (Å²) in [6.07, 6.45) is 0.333. The number of phenolic OH excluding ortho intramolecular Hbond substituents is 1. The third-order valence-corrected chi connectivity index (χ3v) is 5.59. The van der Waals surface area contributed by atoms with Crippen molar-refractivity contribution in [3.8, 4) is 16.9 Å². The van der Waals surface area contributed by atoms with Crippen LogP contribution in [0.15, 0.2) is 72.8 Å². The van der Waals surface area contributed by atoms with Crippen LogP contribution in [0.5, 0.6) is 5.75 Å². The number of hydrogen-bond acceptors (Lipinski definition) is 5. The van der Waals surface area contributed by atoms with Gasteiger partial charge in [0.15, 0.2) is 0 Å². The van der Waals surface area contributed by atoms with Crippen molar-refractivity contribution in [1.82, 2.24) is 5.32 Å². The van der Waals surface area contributed by atoms with Gasteiger partial charge in [0, 0.05) is 5.92 Å². The van der Waals surface area contributed by atoms with E-state index in [1.807, 2.05) is 36.4 Å². The van der Waals surface area contributed by atoms with Gasteiger partial charge in [-0.3, -0.25) is 4.79 Å². The van der Waals surface area contributed by atoms with Gasteiger partial charge in [-0.1, -0.05) is 60.7 Å². The second kappa shape index (κ2) is 8.51. The number of hydrogen-bond donors (Lipinski definition) is 2. The maximum absolute atomic E-state index is 12.7. The lowest BCUT2D eigenvalue weighted by Gasteiger charge is -2.17. The van der Waals surface area contributed by atoms with Crippen molar-refractivity contribution in [1.29, 1.82) is 0 Å². The number of aromatic hydroxyl groups is 1. The zero-order chi connectivity index (χ0) is 21.1. The SMILES string of the molecule is CN[C@@H](Cc1ccc(O)cc1)C(=O)C(=O)OCC1c2ccccc2-c2ccccc21. The number of nitrogens with one attached hydrogen (secondary N) is 1. The molecular formula is C25H23NO4. The van der Waals surface area contributed by atoms with E-state index in [4.69, 9.17) is 4.74 Å². The van der Waals surface area contributed by atoms with E-state index in [1.54, 1.807) is 31.3 Å². The fraction of sp³-hybridized carbons (Fsp3) is 0.200. The maximum Gasteiger partial charge on any atom is 0.376 e. The molecule has 0 aromatic heterocycles. The van der Waals surface area contributed by atoms with E-state index in [0.29, 0.717) is 6.42 Å². The van der Waals surface area contributed by atoms with Gasteiger partial charge in [0.25, 0.3) is 5.78 Å². The summed E-state index contributed by atoms with van der Waals surface area (Å²) in [5.41, 5.74) is 5.33. The smallest absolute Gasteiger partial charge is 0.376 e. The Morgan fingerprint density at radius 2 is 1.50 bits per heavy atom. The average Bonchev–Trinajstić information content (AvgIpc) is 3.10. The number of ketones is 1. The molecule has 30 heavy (non-hydrogen) atoms. The van der Waals surface area contributed by atoms with Crippen molar-refractivity contribution in [3.05, 3.63) is 89.5 Å². The van der Waals surface area contributed by atoms with Crippen LogP contribution < -0.4 is 5.32 Å². The summed E-state index contributed by atoms with van der Waals surface area (Å²) in [7, 11) is 1.64. The van der Waals surface area contributed by atoms with Gasteiger partial charge in [0.2, 0.25) is 0 Å². The Bertz CT molecular complexity index is 1030. The van der Waals surface area contributed by atoms with Gasteiger partial charge in [-0.25, -0.2) is 4.79 Å². The largest absolute Gasteiger partial charge is 0.508 e. The first kappa shape index (κ1) is 19.9. The molecule has 1 aliphatic carbocycles. The molecule has 0 heterocycles. The molecular weight excluding hydrogens is 378 g/mol. The number of esters is 1. The topological polar surface area (TPSA) is 75.6 Å². The van der Waals surface area contributed by atoms with Crippen LogP contribution in [-0.4, -0.2) is 36.6 Å². The monoisotopic (exact) mass is 401 g/mol. The van der Waals surface area contributed by atoms with Crippen molar-refractivity contribution >= 4 is 11.8 Å². The molecule has 0 radical (unpaired) electrons. The Labute approximate surface area is 175 Å². The number of Topliss-reactive ketones (excluding diaryl/α,β-unsaturated/α-hetero) is 1. The molecule has 1 aliphatic rings. The van der Waals surface area contributed by atoms with E-state index in [0.717, 1.165) is 27.8 Å². The van der Waals surface area contributed by atoms with Crippen molar-refractivity contribution in [3.63, 3.8) is 0 Å². The van der Waals surface area contributed by atoms with Crippen LogP contribution in [0.25, 0.3) is 11.1 Å². The summed E-state index contributed by atoms with van der Waals surface area (Å²) < 4.78 is 5.47. The summed E-state index contributed by atoms with van der Waals surface area (Å²) in [5, 5.41) is 12.3. The Morgan fingerprint density at radius 1 is 0.933 bits per heavy atom. The Morgan fingerprint density at radius 3 is 2.07 bits per heavy atom. The number of fused-ring (bicyclic) bond motifs is 3. The number of carbonyl (C=O) groups is 2.